The predicted molar refractivity (Wildman–Crippen MR) is 98.2 cm³/mol. The van der Waals surface area contributed by atoms with Crippen LogP contribution < -0.4 is 5.32 Å². The van der Waals surface area contributed by atoms with Crippen molar-refractivity contribution >= 4 is 29.8 Å². The first-order valence-corrected chi connectivity index (χ1v) is 8.72. The number of hydrogen-bond acceptors (Lipinski definition) is 12. The lowest BCUT2D eigenvalue weighted by atomic mass is 9.97. The van der Waals surface area contributed by atoms with E-state index in [4.69, 9.17) is 29.2 Å². The van der Waals surface area contributed by atoms with Gasteiger partial charge in [-0.05, 0) is 6.92 Å². The van der Waals surface area contributed by atoms with Crippen LogP contribution in [0.15, 0.2) is 0 Å². The van der Waals surface area contributed by atoms with Crippen molar-refractivity contribution in [2.24, 2.45) is 0 Å². The van der Waals surface area contributed by atoms with Crippen LogP contribution in [0.4, 0.5) is 0 Å². The van der Waals surface area contributed by atoms with E-state index in [1.165, 1.54) is 6.92 Å². The number of aliphatic hydroxyl groups excluding tert-OH is 1. The summed E-state index contributed by atoms with van der Waals surface area (Å²) in [6, 6.07) is -1.72. The minimum absolute atomic E-state index is 0.677. The summed E-state index contributed by atoms with van der Waals surface area (Å²) in [5.41, 5.74) is 0. The Morgan fingerprint density at radius 2 is 1.58 bits per heavy atom. The van der Waals surface area contributed by atoms with Gasteiger partial charge >= 0.3 is 29.8 Å². The molecule has 1 aliphatic rings. The van der Waals surface area contributed by atoms with Crippen LogP contribution in [0.1, 0.15) is 40.0 Å². The van der Waals surface area contributed by atoms with Gasteiger partial charge in [0.15, 0.2) is 12.2 Å². The number of nitrogens with one attached hydrogen (secondary N) is 1. The Morgan fingerprint density at radius 1 is 1.00 bits per heavy atom. The van der Waals surface area contributed by atoms with E-state index >= 15 is 0 Å². The SMILES string of the molecule is [2H]CC(=O)OC[C@H]1OC(N[C@H](C(=O)O)[C@@H](C)OC(=O)C[2H])[C@H](OC(=O)C[2H])[C@@H](O)[C@@H]1OC(=O)C[2H]. The van der Waals surface area contributed by atoms with Gasteiger partial charge in [0.2, 0.25) is 0 Å². The fraction of sp³-hybridized carbons (Fsp3) is 0.722. The molecule has 0 aromatic rings. The Hall–Kier alpha value is -2.77. The molecule has 1 saturated heterocycles. The second-order valence-corrected chi connectivity index (χ2v) is 6.36. The van der Waals surface area contributed by atoms with Crippen molar-refractivity contribution in [3.8, 4) is 0 Å². The molecule has 0 aromatic carbocycles. The van der Waals surface area contributed by atoms with E-state index in [1.807, 2.05) is 0 Å². The Bertz CT molecular complexity index is 770. The molecule has 1 rings (SSSR count). The predicted octanol–water partition coefficient (Wildman–Crippen LogP) is -1.51. The van der Waals surface area contributed by atoms with Crippen LogP contribution in [-0.2, 0) is 47.7 Å². The van der Waals surface area contributed by atoms with Gasteiger partial charge in [-0.2, -0.15) is 0 Å². The lowest BCUT2D eigenvalue weighted by molar-refractivity contribution is -0.254. The van der Waals surface area contributed by atoms with E-state index in [1.54, 1.807) is 0 Å². The molecule has 1 aliphatic heterocycles. The number of rotatable bonds is 9. The number of aliphatic hydroxyl groups is 1. The van der Waals surface area contributed by atoms with Crippen LogP contribution in [-0.4, -0.2) is 89.5 Å². The maximum Gasteiger partial charge on any atom is 0.324 e. The summed E-state index contributed by atoms with van der Waals surface area (Å²) in [6.45, 7) is -2.79. The fourth-order valence-electron chi connectivity index (χ4n) is 2.81. The average molecular weight is 453 g/mol. The minimum Gasteiger partial charge on any atom is -0.480 e. The van der Waals surface area contributed by atoms with Crippen molar-refractivity contribution in [3.05, 3.63) is 0 Å². The monoisotopic (exact) mass is 453 g/mol. The largest absolute Gasteiger partial charge is 0.480 e. The highest BCUT2D eigenvalue weighted by atomic mass is 16.6. The number of hydrogen-bond donors (Lipinski definition) is 3. The van der Waals surface area contributed by atoms with Gasteiger partial charge < -0.3 is 33.9 Å². The zero-order valence-electron chi connectivity index (χ0n) is 20.6. The summed E-state index contributed by atoms with van der Waals surface area (Å²) in [4.78, 5) is 58.2. The summed E-state index contributed by atoms with van der Waals surface area (Å²) < 4.78 is 53.4. The molecule has 13 heteroatoms. The minimum atomic E-state index is -1.91. The normalized spacial score (nSPS) is 29.0. The second-order valence-electron chi connectivity index (χ2n) is 6.36. The number of carboxylic acid groups (broad SMARTS) is 1. The Kier molecular flexibility index (Phi) is 7.52. The quantitative estimate of drug-likeness (QED) is 0.271. The van der Waals surface area contributed by atoms with Crippen LogP contribution in [0.2, 0.25) is 0 Å². The zero-order chi connectivity index (χ0) is 26.7. The maximum absolute atomic E-state index is 11.8. The standard InChI is InChI=1S/C18H27NO12/c1-7(28-9(3)21)13(18(25)26)19-17-16(30-11(5)23)14(24)15(29-10(4)22)12(31-17)6-27-8(2)20/h7,12-17,19,24H,6H2,1-5H3,(H,25,26)/t7-,12-,13+,14+,15-,16-,17?/m1/s1/i2D,3D,4D,5D. The molecule has 1 fully saturated rings. The third kappa shape index (κ3) is 8.11. The van der Waals surface area contributed by atoms with Crippen LogP contribution in [0.5, 0.6) is 0 Å². The van der Waals surface area contributed by atoms with Gasteiger partial charge in [0.05, 0.1) is 0 Å². The smallest absolute Gasteiger partial charge is 0.324 e. The number of esters is 4. The third-order valence-electron chi connectivity index (χ3n) is 4.00. The van der Waals surface area contributed by atoms with Crippen molar-refractivity contribution in [1.82, 2.24) is 5.32 Å². The lowest BCUT2D eigenvalue weighted by Gasteiger charge is -2.44. The molecular weight excluding hydrogens is 422 g/mol. The molecule has 3 N–H and O–H groups in total. The van der Waals surface area contributed by atoms with Crippen LogP contribution in [0, 0.1) is 0 Å². The maximum atomic E-state index is 11.8. The summed E-state index contributed by atoms with van der Waals surface area (Å²) in [6.07, 6.45) is -9.86. The van der Waals surface area contributed by atoms with Gasteiger partial charge in [-0.3, -0.25) is 29.3 Å². The Labute approximate surface area is 183 Å². The van der Waals surface area contributed by atoms with Gasteiger partial charge in [-0.15, -0.1) is 0 Å². The van der Waals surface area contributed by atoms with Crippen molar-refractivity contribution in [2.75, 3.05) is 6.61 Å². The van der Waals surface area contributed by atoms with Crippen molar-refractivity contribution in [1.29, 1.82) is 0 Å². The zero-order valence-corrected chi connectivity index (χ0v) is 16.6. The van der Waals surface area contributed by atoms with E-state index < -0.39 is 107 Å². The highest BCUT2D eigenvalue weighted by molar-refractivity contribution is 5.75. The van der Waals surface area contributed by atoms with Gasteiger partial charge in [-0.25, -0.2) is 0 Å². The van der Waals surface area contributed by atoms with E-state index in [0.717, 1.165) is 0 Å². The van der Waals surface area contributed by atoms with Crippen LogP contribution in [0.25, 0.3) is 0 Å². The van der Waals surface area contributed by atoms with Gasteiger partial charge in [-0.1, -0.05) is 0 Å². The van der Waals surface area contributed by atoms with Crippen molar-refractivity contribution in [3.63, 3.8) is 0 Å². The molecule has 31 heavy (non-hydrogen) atoms. The molecule has 0 spiro atoms. The number of carboxylic acids is 1. The number of carbonyl (C=O) groups excluding carboxylic acids is 4. The molecule has 13 nitrogen and oxygen atoms in total. The van der Waals surface area contributed by atoms with Gasteiger partial charge in [0.25, 0.3) is 0 Å². The average Bonchev–Trinajstić information content (AvgIpc) is 2.83. The molecule has 0 aromatic heterocycles. The van der Waals surface area contributed by atoms with Gasteiger partial charge in [0, 0.05) is 33.1 Å². The van der Waals surface area contributed by atoms with E-state index in [2.05, 4.69) is 5.32 Å². The lowest BCUT2D eigenvalue weighted by Crippen LogP contribution is -2.67. The third-order valence-corrected chi connectivity index (χ3v) is 4.00. The Balaban J connectivity index is 3.30. The number of aliphatic carboxylic acids is 1. The number of carbonyl (C=O) groups is 5. The molecule has 176 valence electrons. The summed E-state index contributed by atoms with van der Waals surface area (Å²) in [5, 5.41) is 22.8. The van der Waals surface area contributed by atoms with Crippen LogP contribution >= 0.6 is 0 Å². The first-order valence-electron chi connectivity index (χ1n) is 11.5. The summed E-state index contributed by atoms with van der Waals surface area (Å²) in [7, 11) is 0. The van der Waals surface area contributed by atoms with Crippen molar-refractivity contribution in [2.45, 2.75) is 77.3 Å². The molecule has 1 heterocycles. The van der Waals surface area contributed by atoms with Crippen molar-refractivity contribution < 1.29 is 63.4 Å². The first kappa shape index (κ1) is 20.2. The number of ether oxygens (including phenoxy) is 5. The van der Waals surface area contributed by atoms with Crippen LogP contribution in [0.3, 0.4) is 0 Å². The molecular formula is C18H27NO12. The summed E-state index contributed by atoms with van der Waals surface area (Å²) in [5.74, 6) is -5.87. The highest BCUT2D eigenvalue weighted by Gasteiger charge is 2.50. The molecule has 0 amide bonds. The highest BCUT2D eigenvalue weighted by Crippen LogP contribution is 2.26. The topological polar surface area (TPSA) is 184 Å². The Morgan fingerprint density at radius 3 is 2.13 bits per heavy atom. The molecule has 0 radical (unpaired) electrons. The first-order chi connectivity index (χ1) is 16.5. The fourth-order valence-corrected chi connectivity index (χ4v) is 2.81. The second kappa shape index (κ2) is 11.6. The molecule has 0 bridgehead atoms. The molecule has 1 unspecified atom stereocenters. The molecule has 7 atom stereocenters. The van der Waals surface area contributed by atoms with E-state index in [-0.39, 0.29) is 0 Å². The van der Waals surface area contributed by atoms with E-state index in [0.29, 0.717) is 0 Å². The summed E-state index contributed by atoms with van der Waals surface area (Å²) >= 11 is 0. The van der Waals surface area contributed by atoms with Gasteiger partial charge in [0.1, 0.15) is 37.2 Å². The molecule has 0 saturated carbocycles. The molecule has 0 aliphatic carbocycles. The van der Waals surface area contributed by atoms with E-state index in [9.17, 15) is 34.2 Å².